The summed E-state index contributed by atoms with van der Waals surface area (Å²) in [7, 11) is 0. The van der Waals surface area contributed by atoms with Crippen molar-refractivity contribution >= 4 is 75.8 Å². The molecule has 1 nitrogen and oxygen atoms in total. The molecule has 51 heavy (non-hydrogen) atoms. The second kappa shape index (κ2) is 10.9. The molecule has 0 N–H and O–H groups in total. The Labute approximate surface area is 334 Å². The van der Waals surface area contributed by atoms with E-state index in [0.29, 0.717) is 0 Å². The average molecular weight is 675 g/mol. The minimum atomic E-state index is -1.02. The van der Waals surface area contributed by atoms with Crippen molar-refractivity contribution in [3.05, 3.63) is 181 Å². The summed E-state index contributed by atoms with van der Waals surface area (Å²) in [6.45, 7) is 0. The van der Waals surface area contributed by atoms with Gasteiger partial charge < -0.3 is 4.42 Å². The van der Waals surface area contributed by atoms with Crippen molar-refractivity contribution in [2.24, 2.45) is 0 Å². The maximum Gasteiger partial charge on any atom is 0.143 e. The molecule has 0 aliphatic heterocycles. The molecular formula is C50H30O. The molecule has 0 bridgehead atoms. The van der Waals surface area contributed by atoms with E-state index in [1.165, 1.54) is 12.1 Å². The Kier molecular flexibility index (Phi) is 2.62. The summed E-state index contributed by atoms with van der Waals surface area (Å²) >= 11 is 0. The van der Waals surface area contributed by atoms with Crippen LogP contribution in [-0.2, 0) is 0 Å². The Hall–Kier alpha value is -6.70. The zero-order valence-electron chi connectivity index (χ0n) is 53.6. The second-order valence-electron chi connectivity index (χ2n) is 11.4. The van der Waals surface area contributed by atoms with Crippen LogP contribution in [0.3, 0.4) is 0 Å². The number of hydrogen-bond donors (Lipinski definition) is 0. The number of furan rings is 1. The number of benzene rings is 10. The van der Waals surface area contributed by atoms with E-state index in [4.69, 9.17) is 29.1 Å². The first-order chi connectivity index (χ1) is 37.0. The normalized spacial score (nSPS) is 19.6. The minimum Gasteiger partial charge on any atom is -0.455 e. The average Bonchev–Trinajstić information content (AvgIpc) is 2.58. The zero-order chi connectivity index (χ0) is 57.8. The molecule has 0 spiro atoms. The van der Waals surface area contributed by atoms with Gasteiger partial charge in [0, 0.05) is 16.3 Å². The lowest BCUT2D eigenvalue weighted by Crippen LogP contribution is -1.92. The minimum absolute atomic E-state index is 0.198. The van der Waals surface area contributed by atoms with Crippen LogP contribution < -0.4 is 0 Å². The Morgan fingerprint density at radius 3 is 1.69 bits per heavy atom. The molecule has 1 aromatic heterocycles. The number of para-hydroxylation sites is 1. The fraction of sp³-hybridized carbons (Fsp3) is 0. The molecular weight excluding hydrogens is 617 g/mol. The maximum atomic E-state index is 10.0. The van der Waals surface area contributed by atoms with E-state index < -0.39 is 240 Å². The standard InChI is InChI=1S/C50H30O/c1-3-16-35-31(12-1)14-9-23-39(35)48-42-20-7-5-18-40(42)47(41-19-6-8-21-43(41)48)34-26-28-36-33(30-34)15-10-22-38(36)44-24-11-25-45-49-37-17-4-2-13-32(37)27-29-46(49)51-50(44)45/h1-30H/i1D,2D,3D,4D,5D,6D,7D,8D,9D,10D,12D,13D,14D,15D,16D,17D,18D,19D,20D,21D,22D,23D,25D,26D,27D,28D,29D,30D. The van der Waals surface area contributed by atoms with Crippen molar-refractivity contribution in [3.8, 4) is 33.4 Å². The third-order valence-electron chi connectivity index (χ3n) is 8.76. The highest BCUT2D eigenvalue weighted by Crippen LogP contribution is 2.46. The van der Waals surface area contributed by atoms with Crippen LogP contribution in [0.2, 0.25) is 0 Å². The van der Waals surface area contributed by atoms with Crippen LogP contribution in [0.1, 0.15) is 38.4 Å². The Balaban J connectivity index is 1.38. The highest BCUT2D eigenvalue weighted by molar-refractivity contribution is 6.24. The molecule has 1 heterocycles. The van der Waals surface area contributed by atoms with Gasteiger partial charge in [-0.3, -0.25) is 0 Å². The largest absolute Gasteiger partial charge is 0.455 e. The van der Waals surface area contributed by atoms with Gasteiger partial charge in [0.05, 0.1) is 38.4 Å². The number of rotatable bonds is 3. The van der Waals surface area contributed by atoms with E-state index in [1.54, 1.807) is 0 Å². The predicted molar refractivity (Wildman–Crippen MR) is 218 cm³/mol. The molecule has 236 valence electrons. The van der Waals surface area contributed by atoms with E-state index >= 15 is 0 Å². The van der Waals surface area contributed by atoms with E-state index in [2.05, 4.69) is 0 Å². The number of hydrogen-bond acceptors (Lipinski definition) is 1. The Morgan fingerprint density at radius 1 is 0.373 bits per heavy atom. The summed E-state index contributed by atoms with van der Waals surface area (Å²) in [5.41, 5.74) is -4.47. The smallest absolute Gasteiger partial charge is 0.143 e. The van der Waals surface area contributed by atoms with Gasteiger partial charge >= 0.3 is 0 Å². The molecule has 0 unspecified atom stereocenters. The van der Waals surface area contributed by atoms with Gasteiger partial charge in [-0.15, -0.1) is 0 Å². The van der Waals surface area contributed by atoms with E-state index in [0.717, 1.165) is 0 Å². The second-order valence-corrected chi connectivity index (χ2v) is 11.4. The van der Waals surface area contributed by atoms with Gasteiger partial charge in [0.2, 0.25) is 0 Å². The third-order valence-corrected chi connectivity index (χ3v) is 8.76. The van der Waals surface area contributed by atoms with Crippen LogP contribution >= 0.6 is 0 Å². The molecule has 0 saturated heterocycles. The van der Waals surface area contributed by atoms with E-state index in [-0.39, 0.29) is 38.7 Å². The van der Waals surface area contributed by atoms with Crippen LogP contribution in [0, 0.1) is 0 Å². The van der Waals surface area contributed by atoms with Crippen LogP contribution in [-0.4, -0.2) is 0 Å². The molecule has 11 aromatic rings. The van der Waals surface area contributed by atoms with Gasteiger partial charge in [-0.1, -0.05) is 169 Å². The van der Waals surface area contributed by atoms with Crippen LogP contribution in [0.4, 0.5) is 0 Å². The SMILES string of the molecule is [2H]c1c([2H])c(-c2ccc([2H])c3c2oc2c([2H])c([2H])c4c([2H])c([2H])c([2H])c([2H])c4c23)c2c([2H])c([2H])c(-c3c4c([2H])c([2H])c([2H])c([2H])c4c(-c4c([2H])c([2H])c([2H])c5c([2H])c([2H])c([2H])c([2H])c45)c4c([2H])c([2H])c([2H])c([2H])c34)c([2H])c2c1[2H]. The van der Waals surface area contributed by atoms with Crippen molar-refractivity contribution in [1.29, 1.82) is 0 Å². The van der Waals surface area contributed by atoms with E-state index in [1.807, 2.05) is 0 Å². The first-order valence-electron chi connectivity index (χ1n) is 29.3. The lowest BCUT2D eigenvalue weighted by molar-refractivity contribution is 0.670. The first-order valence-corrected chi connectivity index (χ1v) is 15.3. The maximum absolute atomic E-state index is 10.0. The van der Waals surface area contributed by atoms with Gasteiger partial charge in [0.1, 0.15) is 11.2 Å². The topological polar surface area (TPSA) is 13.1 Å². The summed E-state index contributed by atoms with van der Waals surface area (Å²) in [5.74, 6) is 0. The molecule has 0 radical (unpaired) electrons. The quantitative estimate of drug-likeness (QED) is 0.170. The zero-order valence-corrected chi connectivity index (χ0v) is 25.6. The molecule has 0 fully saturated rings. The van der Waals surface area contributed by atoms with Gasteiger partial charge in [-0.05, 0) is 93.8 Å². The summed E-state index contributed by atoms with van der Waals surface area (Å²) < 4.78 is 260. The summed E-state index contributed by atoms with van der Waals surface area (Å²) in [6, 6.07) is -21.7. The highest BCUT2D eigenvalue weighted by Gasteiger charge is 2.19. The third kappa shape index (κ3) is 4.16. The molecule has 10 aromatic carbocycles. The molecule has 0 aliphatic rings. The predicted octanol–water partition coefficient (Wildman–Crippen LogP) is 14.4. The lowest BCUT2D eigenvalue weighted by Gasteiger charge is -2.19. The van der Waals surface area contributed by atoms with Gasteiger partial charge in [0.25, 0.3) is 0 Å². The molecule has 0 aliphatic carbocycles. The van der Waals surface area contributed by atoms with Gasteiger partial charge in [0.15, 0.2) is 0 Å². The Morgan fingerprint density at radius 2 is 0.941 bits per heavy atom. The van der Waals surface area contributed by atoms with Crippen LogP contribution in [0.15, 0.2) is 186 Å². The van der Waals surface area contributed by atoms with Crippen molar-refractivity contribution in [1.82, 2.24) is 0 Å². The molecule has 0 saturated carbocycles. The molecule has 11 rings (SSSR count). The monoisotopic (exact) mass is 674 g/mol. The van der Waals surface area contributed by atoms with Crippen molar-refractivity contribution < 1.29 is 42.8 Å². The van der Waals surface area contributed by atoms with E-state index in [9.17, 15) is 13.7 Å². The fourth-order valence-corrected chi connectivity index (χ4v) is 6.64. The van der Waals surface area contributed by atoms with Gasteiger partial charge in [-0.2, -0.15) is 0 Å². The summed E-state index contributed by atoms with van der Waals surface area (Å²) in [5, 5.41) is -6.46. The van der Waals surface area contributed by atoms with Crippen molar-refractivity contribution in [2.75, 3.05) is 0 Å². The Bertz CT molecular complexity index is 4720. The van der Waals surface area contributed by atoms with Crippen LogP contribution in [0.25, 0.3) is 109 Å². The summed E-state index contributed by atoms with van der Waals surface area (Å²) in [4.78, 5) is 0. The van der Waals surface area contributed by atoms with Crippen molar-refractivity contribution in [3.63, 3.8) is 0 Å². The summed E-state index contributed by atoms with van der Waals surface area (Å²) in [6.07, 6.45) is 0. The van der Waals surface area contributed by atoms with Gasteiger partial charge in [-0.25, -0.2) is 0 Å². The first kappa shape index (κ1) is 12.3. The van der Waals surface area contributed by atoms with Crippen LogP contribution in [0.5, 0.6) is 0 Å². The number of fused-ring (bicyclic) bond motifs is 9. The van der Waals surface area contributed by atoms with Crippen molar-refractivity contribution in [2.45, 2.75) is 0 Å². The lowest BCUT2D eigenvalue weighted by atomic mass is 9.84. The highest BCUT2D eigenvalue weighted by atomic mass is 16.3. The fourth-order valence-electron chi connectivity index (χ4n) is 6.64. The molecule has 0 atom stereocenters. The molecule has 0 amide bonds. The molecule has 1 heteroatoms.